The molecule has 0 unspecified atom stereocenters. The van der Waals surface area contributed by atoms with Crippen LogP contribution in [0.25, 0.3) is 22.2 Å². The van der Waals surface area contributed by atoms with Crippen LogP contribution in [0.15, 0.2) is 48.5 Å². The number of carbonyl (C=O) groups excluding carboxylic acids is 1. The van der Waals surface area contributed by atoms with Crippen molar-refractivity contribution in [3.05, 3.63) is 59.9 Å². The van der Waals surface area contributed by atoms with Gasteiger partial charge in [0.25, 0.3) is 0 Å². The van der Waals surface area contributed by atoms with Crippen molar-refractivity contribution in [1.29, 1.82) is 0 Å². The zero-order valence-electron chi connectivity index (χ0n) is 16.8. The van der Waals surface area contributed by atoms with E-state index in [2.05, 4.69) is 10.3 Å². The van der Waals surface area contributed by atoms with Gasteiger partial charge in [0.15, 0.2) is 5.82 Å². The fourth-order valence-electron chi connectivity index (χ4n) is 3.17. The SMILES string of the molecule is CC(C)c1c(F)c(-c2ccccc2NC(=O)OC(C)(C)C)nc2ccccc12. The van der Waals surface area contributed by atoms with E-state index in [0.717, 1.165) is 10.9 Å². The van der Waals surface area contributed by atoms with Crippen LogP contribution in [-0.4, -0.2) is 16.7 Å². The summed E-state index contributed by atoms with van der Waals surface area (Å²) in [6.07, 6.45) is -0.592. The van der Waals surface area contributed by atoms with Gasteiger partial charge in [0.1, 0.15) is 11.3 Å². The molecule has 2 aromatic carbocycles. The topological polar surface area (TPSA) is 51.2 Å². The van der Waals surface area contributed by atoms with E-state index < -0.39 is 11.7 Å². The molecule has 0 bridgehead atoms. The lowest BCUT2D eigenvalue weighted by Crippen LogP contribution is -2.27. The number of hydrogen-bond donors (Lipinski definition) is 1. The number of rotatable bonds is 3. The highest BCUT2D eigenvalue weighted by Crippen LogP contribution is 2.36. The highest BCUT2D eigenvalue weighted by molar-refractivity contribution is 5.93. The van der Waals surface area contributed by atoms with Gasteiger partial charge in [0.05, 0.1) is 11.2 Å². The molecule has 0 spiro atoms. The third-order valence-corrected chi connectivity index (χ3v) is 4.27. The second-order valence-electron chi connectivity index (χ2n) is 8.03. The Hall–Kier alpha value is -2.95. The molecule has 1 amide bonds. The van der Waals surface area contributed by atoms with Crippen LogP contribution in [0, 0.1) is 5.82 Å². The Balaban J connectivity index is 2.13. The Labute approximate surface area is 164 Å². The lowest BCUT2D eigenvalue weighted by molar-refractivity contribution is 0.0636. The van der Waals surface area contributed by atoms with Crippen molar-refractivity contribution in [3.8, 4) is 11.3 Å². The van der Waals surface area contributed by atoms with Crippen molar-refractivity contribution < 1.29 is 13.9 Å². The van der Waals surface area contributed by atoms with Crippen LogP contribution in [0.2, 0.25) is 0 Å². The normalized spacial score (nSPS) is 11.7. The van der Waals surface area contributed by atoms with E-state index in [0.29, 0.717) is 16.8 Å². The first-order chi connectivity index (χ1) is 13.2. The highest BCUT2D eigenvalue weighted by Gasteiger charge is 2.22. The van der Waals surface area contributed by atoms with Crippen LogP contribution in [0.4, 0.5) is 14.9 Å². The molecular weight excluding hydrogens is 355 g/mol. The number of anilines is 1. The predicted molar refractivity (Wildman–Crippen MR) is 111 cm³/mol. The molecule has 0 radical (unpaired) electrons. The molecule has 1 N–H and O–H groups in total. The quantitative estimate of drug-likeness (QED) is 0.563. The number of nitrogens with zero attached hydrogens (tertiary/aromatic N) is 1. The monoisotopic (exact) mass is 380 g/mol. The molecule has 0 aliphatic rings. The third kappa shape index (κ3) is 4.14. The predicted octanol–water partition coefficient (Wildman–Crippen LogP) is 6.51. The maximum absolute atomic E-state index is 15.5. The van der Waals surface area contributed by atoms with E-state index in [1.54, 1.807) is 45.0 Å². The molecule has 0 fully saturated rings. The van der Waals surface area contributed by atoms with Gasteiger partial charge in [-0.05, 0) is 38.8 Å². The average Bonchev–Trinajstić information content (AvgIpc) is 2.59. The summed E-state index contributed by atoms with van der Waals surface area (Å²) in [5, 5.41) is 3.52. The van der Waals surface area contributed by atoms with Crippen molar-refractivity contribution >= 4 is 22.7 Å². The number of aromatic nitrogens is 1. The van der Waals surface area contributed by atoms with Gasteiger partial charge in [0, 0.05) is 16.5 Å². The van der Waals surface area contributed by atoms with E-state index in [1.807, 2.05) is 38.1 Å². The van der Waals surface area contributed by atoms with Gasteiger partial charge >= 0.3 is 6.09 Å². The Morgan fingerprint density at radius 2 is 1.71 bits per heavy atom. The number of para-hydroxylation sites is 2. The van der Waals surface area contributed by atoms with E-state index in [-0.39, 0.29) is 17.4 Å². The molecule has 0 saturated heterocycles. The van der Waals surface area contributed by atoms with Gasteiger partial charge in [-0.1, -0.05) is 50.2 Å². The molecule has 28 heavy (non-hydrogen) atoms. The Bertz CT molecular complexity index is 1020. The lowest BCUT2D eigenvalue weighted by atomic mass is 9.95. The maximum atomic E-state index is 15.5. The second-order valence-corrected chi connectivity index (χ2v) is 8.03. The van der Waals surface area contributed by atoms with Crippen LogP contribution < -0.4 is 5.32 Å². The third-order valence-electron chi connectivity index (χ3n) is 4.27. The van der Waals surface area contributed by atoms with Gasteiger partial charge in [0.2, 0.25) is 0 Å². The molecule has 0 aliphatic heterocycles. The summed E-state index contributed by atoms with van der Waals surface area (Å²) in [4.78, 5) is 16.8. The van der Waals surface area contributed by atoms with Crippen molar-refractivity contribution in [2.24, 2.45) is 0 Å². The number of benzene rings is 2. The van der Waals surface area contributed by atoms with Gasteiger partial charge in [-0.3, -0.25) is 5.32 Å². The van der Waals surface area contributed by atoms with Gasteiger partial charge in [-0.2, -0.15) is 0 Å². The average molecular weight is 380 g/mol. The standard InChI is InChI=1S/C23H25FN2O2/c1-14(2)19-15-10-6-8-12-17(15)25-21(20(19)24)16-11-7-9-13-18(16)26-22(27)28-23(3,4)5/h6-14H,1-5H3,(H,26,27). The first-order valence-electron chi connectivity index (χ1n) is 9.35. The van der Waals surface area contributed by atoms with Crippen molar-refractivity contribution in [2.75, 3.05) is 5.32 Å². The highest BCUT2D eigenvalue weighted by atomic mass is 19.1. The lowest BCUT2D eigenvalue weighted by Gasteiger charge is -2.21. The number of pyridine rings is 1. The maximum Gasteiger partial charge on any atom is 0.412 e. The van der Waals surface area contributed by atoms with E-state index in [4.69, 9.17) is 4.74 Å². The summed E-state index contributed by atoms with van der Waals surface area (Å²) in [5.41, 5.74) is 1.89. The molecule has 0 atom stereocenters. The number of carbonyl (C=O) groups is 1. The molecule has 0 aliphatic carbocycles. The van der Waals surface area contributed by atoms with E-state index >= 15 is 4.39 Å². The fourth-order valence-corrected chi connectivity index (χ4v) is 3.17. The summed E-state index contributed by atoms with van der Waals surface area (Å²) in [5.74, 6) is -0.384. The zero-order chi connectivity index (χ0) is 20.5. The van der Waals surface area contributed by atoms with E-state index in [9.17, 15) is 4.79 Å². The smallest absolute Gasteiger partial charge is 0.412 e. The number of fused-ring (bicyclic) bond motifs is 1. The Morgan fingerprint density at radius 1 is 1.07 bits per heavy atom. The molecule has 146 valence electrons. The minimum atomic E-state index is -0.629. The van der Waals surface area contributed by atoms with Gasteiger partial charge in [-0.15, -0.1) is 0 Å². The second kappa shape index (κ2) is 7.58. The van der Waals surface area contributed by atoms with Crippen molar-refractivity contribution in [1.82, 2.24) is 4.98 Å². The minimum Gasteiger partial charge on any atom is -0.444 e. The van der Waals surface area contributed by atoms with Gasteiger partial charge < -0.3 is 4.74 Å². The summed E-state index contributed by atoms with van der Waals surface area (Å²) in [7, 11) is 0. The molecule has 3 aromatic rings. The zero-order valence-corrected chi connectivity index (χ0v) is 16.8. The molecule has 4 nitrogen and oxygen atoms in total. The largest absolute Gasteiger partial charge is 0.444 e. The molecule has 5 heteroatoms. The minimum absolute atomic E-state index is 0.0161. The van der Waals surface area contributed by atoms with Crippen LogP contribution in [0.5, 0.6) is 0 Å². The fraction of sp³-hybridized carbons (Fsp3) is 0.304. The van der Waals surface area contributed by atoms with Crippen molar-refractivity contribution in [2.45, 2.75) is 46.1 Å². The van der Waals surface area contributed by atoms with Crippen LogP contribution >= 0.6 is 0 Å². The summed E-state index contributed by atoms with van der Waals surface area (Å²) in [6, 6.07) is 14.5. The summed E-state index contributed by atoms with van der Waals surface area (Å²) < 4.78 is 20.9. The number of halogens is 1. The molecular formula is C23H25FN2O2. The van der Waals surface area contributed by atoms with Crippen molar-refractivity contribution in [3.63, 3.8) is 0 Å². The molecule has 0 saturated carbocycles. The van der Waals surface area contributed by atoms with Crippen LogP contribution in [0.3, 0.4) is 0 Å². The number of hydrogen-bond acceptors (Lipinski definition) is 3. The summed E-state index contributed by atoms with van der Waals surface area (Å²) >= 11 is 0. The first-order valence-corrected chi connectivity index (χ1v) is 9.35. The number of amides is 1. The number of nitrogens with one attached hydrogen (secondary N) is 1. The van der Waals surface area contributed by atoms with Crippen LogP contribution in [0.1, 0.15) is 46.1 Å². The molecule has 1 heterocycles. The van der Waals surface area contributed by atoms with Gasteiger partial charge in [-0.25, -0.2) is 14.2 Å². The first kappa shape index (κ1) is 19.8. The molecule has 1 aromatic heterocycles. The Morgan fingerprint density at radius 3 is 2.39 bits per heavy atom. The van der Waals surface area contributed by atoms with E-state index in [1.165, 1.54) is 0 Å². The van der Waals surface area contributed by atoms with Crippen LogP contribution in [-0.2, 0) is 4.74 Å². The molecule has 3 rings (SSSR count). The number of ether oxygens (including phenoxy) is 1. The summed E-state index contributed by atoms with van der Waals surface area (Å²) in [6.45, 7) is 9.28. The Kier molecular flexibility index (Phi) is 5.36.